The first-order chi connectivity index (χ1) is 9.97. The van der Waals surface area contributed by atoms with Gasteiger partial charge >= 0.3 is 0 Å². The molecule has 0 aliphatic heterocycles. The lowest BCUT2D eigenvalue weighted by molar-refractivity contribution is 0.0939. The number of carbonyl (C=O) groups is 1. The van der Waals surface area contributed by atoms with Crippen molar-refractivity contribution in [1.82, 2.24) is 5.32 Å². The topological polar surface area (TPSA) is 29.1 Å². The van der Waals surface area contributed by atoms with Crippen LogP contribution in [-0.2, 0) is 6.42 Å². The summed E-state index contributed by atoms with van der Waals surface area (Å²) in [4.78, 5) is 12.2. The van der Waals surface area contributed by atoms with Crippen molar-refractivity contribution >= 4 is 45.0 Å². The second kappa shape index (κ2) is 7.30. The standard InChI is InChI=1S/C16H14BrCl2NO/c1-10(8-11-4-2-3-5-15(11)19)20-16(21)13-7-6-12(18)9-14(13)17/h2-7,9-10H,8H2,1H3,(H,20,21). The summed E-state index contributed by atoms with van der Waals surface area (Å²) >= 11 is 15.4. The van der Waals surface area contributed by atoms with Crippen molar-refractivity contribution in [3.05, 3.63) is 68.1 Å². The number of hydrogen-bond acceptors (Lipinski definition) is 1. The van der Waals surface area contributed by atoms with E-state index in [2.05, 4.69) is 21.2 Å². The molecule has 2 rings (SSSR count). The molecule has 0 aliphatic rings. The fourth-order valence-electron chi connectivity index (χ4n) is 2.02. The van der Waals surface area contributed by atoms with Crippen molar-refractivity contribution in [2.45, 2.75) is 19.4 Å². The van der Waals surface area contributed by atoms with E-state index >= 15 is 0 Å². The van der Waals surface area contributed by atoms with Crippen LogP contribution in [0.25, 0.3) is 0 Å². The zero-order valence-electron chi connectivity index (χ0n) is 11.4. The van der Waals surface area contributed by atoms with Gasteiger partial charge in [-0.25, -0.2) is 0 Å². The van der Waals surface area contributed by atoms with Gasteiger partial charge in [-0.3, -0.25) is 4.79 Å². The Balaban J connectivity index is 2.04. The molecule has 5 heteroatoms. The Morgan fingerprint density at radius 3 is 2.62 bits per heavy atom. The maximum atomic E-state index is 12.2. The molecule has 1 atom stereocenters. The molecule has 21 heavy (non-hydrogen) atoms. The molecule has 1 N–H and O–H groups in total. The number of amides is 1. The van der Waals surface area contributed by atoms with Crippen LogP contribution in [0.3, 0.4) is 0 Å². The molecule has 2 aromatic rings. The number of hydrogen-bond donors (Lipinski definition) is 1. The van der Waals surface area contributed by atoms with Crippen LogP contribution in [0.2, 0.25) is 10.0 Å². The van der Waals surface area contributed by atoms with E-state index in [9.17, 15) is 4.79 Å². The van der Waals surface area contributed by atoms with E-state index in [1.165, 1.54) is 0 Å². The lowest BCUT2D eigenvalue weighted by Crippen LogP contribution is -2.34. The average molecular weight is 387 g/mol. The predicted octanol–water partition coefficient (Wildman–Crippen LogP) is 5.12. The fraction of sp³-hybridized carbons (Fsp3) is 0.188. The monoisotopic (exact) mass is 385 g/mol. The highest BCUT2D eigenvalue weighted by atomic mass is 79.9. The first kappa shape index (κ1) is 16.3. The molecule has 0 saturated heterocycles. The van der Waals surface area contributed by atoms with Gasteiger partial charge in [0, 0.05) is 20.6 Å². The molecule has 0 aliphatic carbocycles. The van der Waals surface area contributed by atoms with Crippen molar-refractivity contribution in [2.75, 3.05) is 0 Å². The molecule has 0 heterocycles. The highest BCUT2D eigenvalue weighted by Crippen LogP contribution is 2.22. The molecule has 0 aromatic heterocycles. The molecular weight excluding hydrogens is 373 g/mol. The average Bonchev–Trinajstić information content (AvgIpc) is 2.41. The minimum Gasteiger partial charge on any atom is -0.349 e. The summed E-state index contributed by atoms with van der Waals surface area (Å²) in [5, 5.41) is 4.26. The van der Waals surface area contributed by atoms with Gasteiger partial charge in [0.05, 0.1) is 5.56 Å². The van der Waals surface area contributed by atoms with Gasteiger partial charge in [-0.05, 0) is 59.1 Å². The molecule has 110 valence electrons. The number of halogens is 3. The van der Waals surface area contributed by atoms with Crippen molar-refractivity contribution in [1.29, 1.82) is 0 Å². The maximum Gasteiger partial charge on any atom is 0.252 e. The second-order valence-corrected chi connectivity index (χ2v) is 6.49. The molecule has 0 spiro atoms. The SMILES string of the molecule is CC(Cc1ccccc1Cl)NC(=O)c1ccc(Cl)cc1Br. The summed E-state index contributed by atoms with van der Waals surface area (Å²) in [5.41, 5.74) is 1.58. The zero-order valence-corrected chi connectivity index (χ0v) is 14.5. The first-order valence-electron chi connectivity index (χ1n) is 6.46. The lowest BCUT2D eigenvalue weighted by Gasteiger charge is -2.15. The van der Waals surface area contributed by atoms with E-state index < -0.39 is 0 Å². The minimum absolute atomic E-state index is 0.0278. The molecule has 1 unspecified atom stereocenters. The number of benzene rings is 2. The molecule has 1 amide bonds. The van der Waals surface area contributed by atoms with Crippen molar-refractivity contribution in [2.24, 2.45) is 0 Å². The summed E-state index contributed by atoms with van der Waals surface area (Å²) in [5.74, 6) is -0.141. The van der Waals surface area contributed by atoms with Gasteiger partial charge in [0.15, 0.2) is 0 Å². The zero-order chi connectivity index (χ0) is 15.4. The predicted molar refractivity (Wildman–Crippen MR) is 91.2 cm³/mol. The Morgan fingerprint density at radius 2 is 1.95 bits per heavy atom. The van der Waals surface area contributed by atoms with E-state index in [1.807, 2.05) is 31.2 Å². The van der Waals surface area contributed by atoms with Gasteiger partial charge in [0.2, 0.25) is 0 Å². The largest absolute Gasteiger partial charge is 0.349 e. The van der Waals surface area contributed by atoms with Crippen LogP contribution >= 0.6 is 39.1 Å². The van der Waals surface area contributed by atoms with Crippen LogP contribution in [-0.4, -0.2) is 11.9 Å². The Kier molecular flexibility index (Phi) is 5.68. The Bertz CT molecular complexity index is 660. The fourth-order valence-corrected chi connectivity index (χ4v) is 3.10. The van der Waals surface area contributed by atoms with E-state index in [1.54, 1.807) is 18.2 Å². The molecule has 2 nitrogen and oxygen atoms in total. The van der Waals surface area contributed by atoms with Gasteiger partial charge in [0.25, 0.3) is 5.91 Å². The molecular formula is C16H14BrCl2NO. The summed E-state index contributed by atoms with van der Waals surface area (Å²) in [6, 6.07) is 12.7. The smallest absolute Gasteiger partial charge is 0.252 e. The molecule has 0 bridgehead atoms. The highest BCUT2D eigenvalue weighted by Gasteiger charge is 2.14. The second-order valence-electron chi connectivity index (χ2n) is 4.79. The summed E-state index contributed by atoms with van der Waals surface area (Å²) in [6.07, 6.45) is 0.677. The molecule has 0 fully saturated rings. The van der Waals surface area contributed by atoms with E-state index in [4.69, 9.17) is 23.2 Å². The van der Waals surface area contributed by atoms with E-state index in [0.29, 0.717) is 26.5 Å². The van der Waals surface area contributed by atoms with Crippen LogP contribution in [0.4, 0.5) is 0 Å². The van der Waals surface area contributed by atoms with Crippen LogP contribution in [0.1, 0.15) is 22.8 Å². The third-order valence-electron chi connectivity index (χ3n) is 3.04. The van der Waals surface area contributed by atoms with Gasteiger partial charge in [-0.1, -0.05) is 41.4 Å². The van der Waals surface area contributed by atoms with Crippen LogP contribution in [0.5, 0.6) is 0 Å². The summed E-state index contributed by atoms with van der Waals surface area (Å²) in [7, 11) is 0. The summed E-state index contributed by atoms with van der Waals surface area (Å²) < 4.78 is 0.678. The Morgan fingerprint density at radius 1 is 1.24 bits per heavy atom. The number of carbonyl (C=O) groups excluding carboxylic acids is 1. The number of nitrogens with one attached hydrogen (secondary N) is 1. The Hall–Kier alpha value is -1.03. The summed E-state index contributed by atoms with van der Waals surface area (Å²) in [6.45, 7) is 1.95. The van der Waals surface area contributed by atoms with Crippen LogP contribution < -0.4 is 5.32 Å². The van der Waals surface area contributed by atoms with Crippen molar-refractivity contribution in [3.8, 4) is 0 Å². The lowest BCUT2D eigenvalue weighted by atomic mass is 10.1. The molecule has 0 radical (unpaired) electrons. The minimum atomic E-state index is -0.141. The van der Waals surface area contributed by atoms with Crippen LogP contribution in [0, 0.1) is 0 Å². The number of rotatable bonds is 4. The highest BCUT2D eigenvalue weighted by molar-refractivity contribution is 9.10. The van der Waals surface area contributed by atoms with Gasteiger partial charge < -0.3 is 5.32 Å². The van der Waals surface area contributed by atoms with Crippen molar-refractivity contribution < 1.29 is 4.79 Å². The van der Waals surface area contributed by atoms with E-state index in [-0.39, 0.29) is 11.9 Å². The quantitative estimate of drug-likeness (QED) is 0.776. The van der Waals surface area contributed by atoms with Gasteiger partial charge in [-0.15, -0.1) is 0 Å². The third-order valence-corrected chi connectivity index (χ3v) is 4.30. The third kappa shape index (κ3) is 4.47. The van der Waals surface area contributed by atoms with Crippen LogP contribution in [0.15, 0.2) is 46.9 Å². The normalized spacial score (nSPS) is 12.0. The maximum absolute atomic E-state index is 12.2. The molecule has 2 aromatic carbocycles. The first-order valence-corrected chi connectivity index (χ1v) is 8.01. The Labute approximate surface area is 142 Å². The van der Waals surface area contributed by atoms with Crippen molar-refractivity contribution in [3.63, 3.8) is 0 Å². The molecule has 0 saturated carbocycles. The van der Waals surface area contributed by atoms with Gasteiger partial charge in [0.1, 0.15) is 0 Å². The van der Waals surface area contributed by atoms with Gasteiger partial charge in [-0.2, -0.15) is 0 Å². The van der Waals surface area contributed by atoms with E-state index in [0.717, 1.165) is 5.56 Å².